The highest BCUT2D eigenvalue weighted by Gasteiger charge is 2.16. The van der Waals surface area contributed by atoms with Gasteiger partial charge in [0.05, 0.1) is 10.3 Å². The van der Waals surface area contributed by atoms with Crippen molar-refractivity contribution < 1.29 is 4.79 Å². The molecule has 0 aliphatic heterocycles. The highest BCUT2D eigenvalue weighted by atomic mass is 32.1. The zero-order valence-corrected chi connectivity index (χ0v) is 14.7. The molecule has 0 saturated heterocycles. The van der Waals surface area contributed by atoms with Gasteiger partial charge in [-0.1, -0.05) is 11.6 Å². The van der Waals surface area contributed by atoms with Gasteiger partial charge in [0, 0.05) is 20.6 Å². The molecule has 0 unspecified atom stereocenters. The first-order chi connectivity index (χ1) is 11.5. The molecule has 2 heterocycles. The molecule has 24 heavy (non-hydrogen) atoms. The molecule has 0 aromatic carbocycles. The zero-order chi connectivity index (χ0) is 17.3. The Kier molecular flexibility index (Phi) is 4.71. The summed E-state index contributed by atoms with van der Waals surface area (Å²) in [5, 5.41) is 3.32. The fourth-order valence-electron chi connectivity index (χ4n) is 3.03. The van der Waals surface area contributed by atoms with E-state index in [-0.39, 0.29) is 17.2 Å². The second-order valence-electron chi connectivity index (χ2n) is 6.15. The summed E-state index contributed by atoms with van der Waals surface area (Å²) in [5.41, 5.74) is 0.662. The van der Waals surface area contributed by atoms with Gasteiger partial charge in [-0.3, -0.25) is 18.7 Å². The van der Waals surface area contributed by atoms with Gasteiger partial charge < -0.3 is 5.32 Å². The Balaban J connectivity index is 1.77. The zero-order valence-electron chi connectivity index (χ0n) is 13.9. The summed E-state index contributed by atoms with van der Waals surface area (Å²) in [7, 11) is 3.05. The third-order valence-corrected chi connectivity index (χ3v) is 5.68. The molecule has 7 heteroatoms. The van der Waals surface area contributed by atoms with Crippen molar-refractivity contribution in [2.75, 3.05) is 6.54 Å². The predicted octanol–water partition coefficient (Wildman–Crippen LogP) is 1.92. The van der Waals surface area contributed by atoms with Crippen molar-refractivity contribution >= 4 is 27.5 Å². The summed E-state index contributed by atoms with van der Waals surface area (Å²) >= 11 is 1.18. The summed E-state index contributed by atoms with van der Waals surface area (Å²) in [6.07, 6.45) is 7.89. The van der Waals surface area contributed by atoms with E-state index < -0.39 is 0 Å². The van der Waals surface area contributed by atoms with Crippen LogP contribution in [0.4, 0.5) is 0 Å². The molecule has 0 spiro atoms. The number of rotatable bonds is 4. The molecule has 3 rings (SSSR count). The van der Waals surface area contributed by atoms with Crippen LogP contribution < -0.4 is 16.6 Å². The van der Waals surface area contributed by atoms with E-state index in [1.807, 2.05) is 0 Å². The molecule has 1 aliphatic rings. The lowest BCUT2D eigenvalue weighted by Gasteiger charge is -2.12. The van der Waals surface area contributed by atoms with Gasteiger partial charge in [0.25, 0.3) is 11.5 Å². The van der Waals surface area contributed by atoms with E-state index in [0.717, 1.165) is 23.8 Å². The van der Waals surface area contributed by atoms with E-state index in [1.165, 1.54) is 41.4 Å². The van der Waals surface area contributed by atoms with Gasteiger partial charge in [0.2, 0.25) is 0 Å². The number of nitrogens with one attached hydrogen (secondary N) is 1. The van der Waals surface area contributed by atoms with Crippen molar-refractivity contribution in [3.63, 3.8) is 0 Å². The Morgan fingerprint density at radius 2 is 2.04 bits per heavy atom. The Bertz CT molecular complexity index is 933. The van der Waals surface area contributed by atoms with Crippen LogP contribution >= 0.6 is 11.3 Å². The predicted molar refractivity (Wildman–Crippen MR) is 95.8 cm³/mol. The largest absolute Gasteiger partial charge is 0.351 e. The molecule has 0 radical (unpaired) electrons. The maximum Gasteiger partial charge on any atom is 0.331 e. The Morgan fingerprint density at radius 1 is 1.25 bits per heavy atom. The molecule has 0 bridgehead atoms. The minimum absolute atomic E-state index is 0.192. The van der Waals surface area contributed by atoms with E-state index in [0.29, 0.717) is 21.6 Å². The van der Waals surface area contributed by atoms with Crippen LogP contribution in [-0.2, 0) is 14.1 Å². The van der Waals surface area contributed by atoms with Crippen LogP contribution in [0.1, 0.15) is 41.8 Å². The summed E-state index contributed by atoms with van der Waals surface area (Å²) in [4.78, 5) is 37.5. The van der Waals surface area contributed by atoms with Crippen LogP contribution in [0.5, 0.6) is 0 Å². The number of hydrogen-bond acceptors (Lipinski definition) is 4. The number of amides is 1. The topological polar surface area (TPSA) is 73.1 Å². The smallest absolute Gasteiger partial charge is 0.331 e. The minimum Gasteiger partial charge on any atom is -0.351 e. The minimum atomic E-state index is -0.384. The molecule has 6 nitrogen and oxygen atoms in total. The lowest BCUT2D eigenvalue weighted by molar-refractivity contribution is 0.0958. The molecule has 128 valence electrons. The first-order valence-corrected chi connectivity index (χ1v) is 8.96. The van der Waals surface area contributed by atoms with E-state index in [2.05, 4.69) is 11.4 Å². The molecule has 0 atom stereocenters. The van der Waals surface area contributed by atoms with Crippen LogP contribution in [0.3, 0.4) is 0 Å². The van der Waals surface area contributed by atoms with Crippen LogP contribution in [0.15, 0.2) is 27.3 Å². The molecule has 2 aromatic rings. The normalized spacial score (nSPS) is 14.7. The van der Waals surface area contributed by atoms with Gasteiger partial charge in [-0.25, -0.2) is 4.79 Å². The van der Waals surface area contributed by atoms with Gasteiger partial charge in [0.1, 0.15) is 4.83 Å². The van der Waals surface area contributed by atoms with Crippen molar-refractivity contribution in [3.8, 4) is 0 Å². The first-order valence-electron chi connectivity index (χ1n) is 8.14. The van der Waals surface area contributed by atoms with Crippen molar-refractivity contribution in [2.45, 2.75) is 32.1 Å². The Hall–Kier alpha value is -2.15. The van der Waals surface area contributed by atoms with Crippen LogP contribution in [0.25, 0.3) is 10.2 Å². The number of thiophene rings is 1. The molecule has 2 aromatic heterocycles. The monoisotopic (exact) mass is 347 g/mol. The Labute approximate surface area is 143 Å². The maximum atomic E-state index is 12.3. The molecular weight excluding hydrogens is 326 g/mol. The first kappa shape index (κ1) is 16.7. The fourth-order valence-corrected chi connectivity index (χ4v) is 4.05. The summed E-state index contributed by atoms with van der Waals surface area (Å²) in [6, 6.07) is 1.58. The van der Waals surface area contributed by atoms with Gasteiger partial charge in [-0.05, 0) is 38.2 Å². The van der Waals surface area contributed by atoms with Crippen molar-refractivity contribution in [1.29, 1.82) is 0 Å². The third-order valence-electron chi connectivity index (χ3n) is 4.47. The number of hydrogen-bond donors (Lipinski definition) is 1. The molecule has 0 saturated carbocycles. The highest BCUT2D eigenvalue weighted by molar-refractivity contribution is 7.20. The van der Waals surface area contributed by atoms with E-state index in [1.54, 1.807) is 13.1 Å². The summed E-state index contributed by atoms with van der Waals surface area (Å²) in [6.45, 7) is 0.593. The van der Waals surface area contributed by atoms with Crippen LogP contribution in [-0.4, -0.2) is 21.6 Å². The fraction of sp³-hybridized carbons (Fsp3) is 0.471. The van der Waals surface area contributed by atoms with E-state index >= 15 is 0 Å². The second-order valence-corrected chi connectivity index (χ2v) is 7.18. The lowest BCUT2D eigenvalue weighted by atomic mass is 9.97. The van der Waals surface area contributed by atoms with Crippen LogP contribution in [0, 0.1) is 0 Å². The average Bonchev–Trinajstić information content (AvgIpc) is 3.04. The van der Waals surface area contributed by atoms with E-state index in [9.17, 15) is 14.4 Å². The molecule has 1 amide bonds. The number of aromatic nitrogens is 2. The number of nitrogens with zero attached hydrogens (tertiary/aromatic N) is 2. The number of carbonyl (C=O) groups is 1. The van der Waals surface area contributed by atoms with Crippen molar-refractivity contribution in [1.82, 2.24) is 14.5 Å². The average molecular weight is 347 g/mol. The van der Waals surface area contributed by atoms with Gasteiger partial charge in [-0.2, -0.15) is 0 Å². The number of fused-ring (bicyclic) bond motifs is 1. The summed E-state index contributed by atoms with van der Waals surface area (Å²) < 4.78 is 2.47. The standard InChI is InChI=1S/C17H21N3O3S/c1-19-15(22)12-10-13(24-16(12)20(2)17(19)23)14(21)18-9-8-11-6-4-3-5-7-11/h6,10H,3-5,7-9H2,1-2H3,(H,18,21). The lowest BCUT2D eigenvalue weighted by Crippen LogP contribution is -2.36. The Morgan fingerprint density at radius 3 is 2.75 bits per heavy atom. The third kappa shape index (κ3) is 3.08. The second kappa shape index (κ2) is 6.76. The molecule has 0 fully saturated rings. The van der Waals surface area contributed by atoms with Gasteiger partial charge in [0.15, 0.2) is 0 Å². The van der Waals surface area contributed by atoms with Gasteiger partial charge >= 0.3 is 5.69 Å². The van der Waals surface area contributed by atoms with Gasteiger partial charge in [-0.15, -0.1) is 11.3 Å². The van der Waals surface area contributed by atoms with Crippen molar-refractivity contribution in [3.05, 3.63) is 43.4 Å². The molecule has 1 N–H and O–H groups in total. The quantitative estimate of drug-likeness (QED) is 0.859. The molecular formula is C17H21N3O3S. The number of carbonyl (C=O) groups excluding carboxylic acids is 1. The number of aryl methyl sites for hydroxylation is 1. The van der Waals surface area contributed by atoms with Crippen LogP contribution in [0.2, 0.25) is 0 Å². The molecule has 1 aliphatic carbocycles. The maximum absolute atomic E-state index is 12.3. The van der Waals surface area contributed by atoms with E-state index in [4.69, 9.17) is 0 Å². The SMILES string of the molecule is Cn1c(=O)c2cc(C(=O)NCCC3=CCCCC3)sc2n(C)c1=O. The van der Waals surface area contributed by atoms with Crippen molar-refractivity contribution in [2.24, 2.45) is 14.1 Å². The highest BCUT2D eigenvalue weighted by Crippen LogP contribution is 2.22. The summed E-state index contributed by atoms with van der Waals surface area (Å²) in [5.74, 6) is -0.192. The number of allylic oxidation sites excluding steroid dienone is 1.